The van der Waals surface area contributed by atoms with Gasteiger partial charge in [0, 0.05) is 26.1 Å². The van der Waals surface area contributed by atoms with E-state index in [0.29, 0.717) is 19.8 Å². The van der Waals surface area contributed by atoms with E-state index in [2.05, 4.69) is 34.7 Å². The van der Waals surface area contributed by atoms with Crippen molar-refractivity contribution < 1.29 is 13.9 Å². The second-order valence-corrected chi connectivity index (χ2v) is 5.91. The lowest BCUT2D eigenvalue weighted by Gasteiger charge is -2.14. The van der Waals surface area contributed by atoms with Crippen molar-refractivity contribution in [3.8, 4) is 11.5 Å². The van der Waals surface area contributed by atoms with Crippen LogP contribution >= 0.6 is 0 Å². The van der Waals surface area contributed by atoms with Crippen LogP contribution in [0.25, 0.3) is 0 Å². The molecule has 148 valence electrons. The molecule has 1 heterocycles. The molecular weight excluding hydrogens is 342 g/mol. The smallest absolute Gasteiger partial charge is 0.191 e. The first-order valence-electron chi connectivity index (χ1n) is 9.69. The van der Waals surface area contributed by atoms with Gasteiger partial charge in [-0.15, -0.1) is 0 Å². The largest absolute Gasteiger partial charge is 0.490 e. The highest BCUT2D eigenvalue weighted by molar-refractivity contribution is 5.79. The predicted molar refractivity (Wildman–Crippen MR) is 109 cm³/mol. The predicted octanol–water partition coefficient (Wildman–Crippen LogP) is 3.42. The van der Waals surface area contributed by atoms with E-state index in [1.807, 2.05) is 32.0 Å². The van der Waals surface area contributed by atoms with Crippen LogP contribution in [0.3, 0.4) is 0 Å². The van der Waals surface area contributed by atoms with Crippen LogP contribution in [0.5, 0.6) is 11.5 Å². The zero-order valence-corrected chi connectivity index (χ0v) is 16.6. The topological polar surface area (TPSA) is 68.0 Å². The summed E-state index contributed by atoms with van der Waals surface area (Å²) in [5.41, 5.74) is 1.20. The van der Waals surface area contributed by atoms with Crippen molar-refractivity contribution in [1.82, 2.24) is 10.6 Å². The average molecular weight is 373 g/mol. The summed E-state index contributed by atoms with van der Waals surface area (Å²) in [6.45, 7) is 9.55. The molecule has 2 rings (SSSR count). The van der Waals surface area contributed by atoms with E-state index in [1.54, 1.807) is 6.26 Å². The maximum atomic E-state index is 5.69. The Morgan fingerprint density at radius 2 is 1.81 bits per heavy atom. The fraction of sp³-hybridized carbons (Fsp3) is 0.476. The molecule has 0 atom stereocenters. The van der Waals surface area contributed by atoms with Crippen LogP contribution in [0, 0.1) is 0 Å². The molecule has 0 radical (unpaired) electrons. The Morgan fingerprint density at radius 1 is 1.00 bits per heavy atom. The SMILES string of the molecule is CCNC(=NCCc1ccco1)NCCc1ccc(OCC)c(OCC)c1. The van der Waals surface area contributed by atoms with Gasteiger partial charge in [-0.05, 0) is 57.0 Å². The Kier molecular flexibility index (Phi) is 9.10. The van der Waals surface area contributed by atoms with E-state index in [9.17, 15) is 0 Å². The molecule has 0 saturated carbocycles. The Morgan fingerprint density at radius 3 is 2.52 bits per heavy atom. The van der Waals surface area contributed by atoms with Crippen molar-refractivity contribution in [3.63, 3.8) is 0 Å². The molecule has 6 nitrogen and oxygen atoms in total. The highest BCUT2D eigenvalue weighted by Crippen LogP contribution is 2.28. The van der Waals surface area contributed by atoms with Crippen LogP contribution < -0.4 is 20.1 Å². The monoisotopic (exact) mass is 373 g/mol. The van der Waals surface area contributed by atoms with E-state index in [4.69, 9.17) is 13.9 Å². The molecule has 0 saturated heterocycles. The molecule has 0 bridgehead atoms. The summed E-state index contributed by atoms with van der Waals surface area (Å²) < 4.78 is 16.7. The minimum absolute atomic E-state index is 0.620. The number of nitrogens with one attached hydrogen (secondary N) is 2. The molecule has 0 aliphatic heterocycles. The van der Waals surface area contributed by atoms with E-state index in [-0.39, 0.29) is 0 Å². The van der Waals surface area contributed by atoms with Gasteiger partial charge >= 0.3 is 0 Å². The quantitative estimate of drug-likeness (QED) is 0.467. The number of nitrogens with zero attached hydrogens (tertiary/aromatic N) is 1. The highest BCUT2D eigenvalue weighted by atomic mass is 16.5. The molecule has 0 unspecified atom stereocenters. The summed E-state index contributed by atoms with van der Waals surface area (Å²) in [7, 11) is 0. The summed E-state index contributed by atoms with van der Waals surface area (Å²) in [5, 5.41) is 6.65. The van der Waals surface area contributed by atoms with Gasteiger partial charge in [0.15, 0.2) is 17.5 Å². The first kappa shape index (κ1) is 20.7. The molecule has 6 heteroatoms. The van der Waals surface area contributed by atoms with Gasteiger partial charge in [-0.25, -0.2) is 0 Å². The number of guanidine groups is 1. The Bertz CT molecular complexity index is 684. The van der Waals surface area contributed by atoms with Crippen molar-refractivity contribution in [2.75, 3.05) is 32.8 Å². The number of ether oxygens (including phenoxy) is 2. The van der Waals surface area contributed by atoms with E-state index >= 15 is 0 Å². The number of rotatable bonds is 11. The highest BCUT2D eigenvalue weighted by Gasteiger charge is 2.06. The molecule has 2 aromatic rings. The number of aliphatic imine (C=N–C) groups is 1. The molecule has 0 aliphatic rings. The molecule has 27 heavy (non-hydrogen) atoms. The first-order chi connectivity index (χ1) is 13.3. The van der Waals surface area contributed by atoms with Crippen LogP contribution in [0.2, 0.25) is 0 Å². The van der Waals surface area contributed by atoms with E-state index < -0.39 is 0 Å². The fourth-order valence-electron chi connectivity index (χ4n) is 2.65. The third-order valence-electron chi connectivity index (χ3n) is 3.87. The lowest BCUT2D eigenvalue weighted by molar-refractivity contribution is 0.287. The number of hydrogen-bond acceptors (Lipinski definition) is 4. The van der Waals surface area contributed by atoms with Crippen molar-refractivity contribution in [2.24, 2.45) is 4.99 Å². The van der Waals surface area contributed by atoms with Crippen molar-refractivity contribution in [3.05, 3.63) is 47.9 Å². The van der Waals surface area contributed by atoms with Gasteiger partial charge in [0.05, 0.1) is 19.5 Å². The zero-order valence-electron chi connectivity index (χ0n) is 16.6. The average Bonchev–Trinajstić information content (AvgIpc) is 3.17. The van der Waals surface area contributed by atoms with Crippen molar-refractivity contribution in [2.45, 2.75) is 33.6 Å². The van der Waals surface area contributed by atoms with Gasteiger partial charge in [0.25, 0.3) is 0 Å². The summed E-state index contributed by atoms with van der Waals surface area (Å²) in [6, 6.07) is 9.98. The Hall–Kier alpha value is -2.63. The van der Waals surface area contributed by atoms with Gasteiger partial charge in [0.2, 0.25) is 0 Å². The lowest BCUT2D eigenvalue weighted by Crippen LogP contribution is -2.38. The molecular formula is C21H31N3O3. The van der Waals surface area contributed by atoms with E-state index in [1.165, 1.54) is 5.56 Å². The van der Waals surface area contributed by atoms with Crippen LogP contribution in [-0.2, 0) is 12.8 Å². The molecule has 2 N–H and O–H groups in total. The molecule has 0 amide bonds. The third kappa shape index (κ3) is 7.25. The maximum absolute atomic E-state index is 5.69. The second kappa shape index (κ2) is 11.9. The minimum atomic E-state index is 0.620. The summed E-state index contributed by atoms with van der Waals surface area (Å²) in [5.74, 6) is 3.37. The first-order valence-corrected chi connectivity index (χ1v) is 9.69. The Balaban J connectivity index is 1.86. The lowest BCUT2D eigenvalue weighted by atomic mass is 10.1. The summed E-state index contributed by atoms with van der Waals surface area (Å²) >= 11 is 0. The van der Waals surface area contributed by atoms with Gasteiger partial charge in [-0.2, -0.15) is 0 Å². The molecule has 1 aromatic carbocycles. The standard InChI is InChI=1S/C21H31N3O3/c1-4-22-21(24-14-12-18-8-7-15-27-18)23-13-11-17-9-10-19(25-5-2)20(16-17)26-6-3/h7-10,15-16H,4-6,11-14H2,1-3H3,(H2,22,23,24). The molecule has 0 fully saturated rings. The molecule has 0 spiro atoms. The van der Waals surface area contributed by atoms with Crippen LogP contribution in [0.15, 0.2) is 46.0 Å². The normalized spacial score (nSPS) is 11.3. The van der Waals surface area contributed by atoms with Crippen molar-refractivity contribution >= 4 is 5.96 Å². The van der Waals surface area contributed by atoms with Crippen LogP contribution in [0.1, 0.15) is 32.1 Å². The van der Waals surface area contributed by atoms with Gasteiger partial charge in [0.1, 0.15) is 5.76 Å². The van der Waals surface area contributed by atoms with Crippen LogP contribution in [-0.4, -0.2) is 38.8 Å². The number of furan rings is 1. The second-order valence-electron chi connectivity index (χ2n) is 5.91. The Labute approximate surface area is 162 Å². The van der Waals surface area contributed by atoms with Crippen molar-refractivity contribution in [1.29, 1.82) is 0 Å². The fourth-order valence-corrected chi connectivity index (χ4v) is 2.65. The maximum Gasteiger partial charge on any atom is 0.191 e. The third-order valence-corrected chi connectivity index (χ3v) is 3.87. The molecule has 1 aromatic heterocycles. The van der Waals surface area contributed by atoms with Gasteiger partial charge in [-0.3, -0.25) is 4.99 Å². The zero-order chi connectivity index (χ0) is 19.3. The van der Waals surface area contributed by atoms with Gasteiger partial charge in [-0.1, -0.05) is 6.07 Å². The van der Waals surface area contributed by atoms with Gasteiger partial charge < -0.3 is 24.5 Å². The molecule has 0 aliphatic carbocycles. The number of hydrogen-bond donors (Lipinski definition) is 2. The van der Waals surface area contributed by atoms with E-state index in [0.717, 1.165) is 49.1 Å². The number of benzene rings is 1. The summed E-state index contributed by atoms with van der Waals surface area (Å²) in [6.07, 6.45) is 3.35. The summed E-state index contributed by atoms with van der Waals surface area (Å²) in [4.78, 5) is 4.59. The minimum Gasteiger partial charge on any atom is -0.490 e. The van der Waals surface area contributed by atoms with Crippen LogP contribution in [0.4, 0.5) is 0 Å².